The van der Waals surface area contributed by atoms with Crippen LogP contribution < -0.4 is 16.0 Å². The summed E-state index contributed by atoms with van der Waals surface area (Å²) in [7, 11) is 0. The predicted octanol–water partition coefficient (Wildman–Crippen LogP) is 1.53. The van der Waals surface area contributed by atoms with Crippen LogP contribution in [0.25, 0.3) is 0 Å². The van der Waals surface area contributed by atoms with E-state index in [0.29, 0.717) is 19.3 Å². The molecule has 2 rings (SSSR count). The number of hydrogen-bond acceptors (Lipinski definition) is 7. The summed E-state index contributed by atoms with van der Waals surface area (Å²) in [5.74, 6) is -1.69. The minimum absolute atomic E-state index is 0.134. The summed E-state index contributed by atoms with van der Waals surface area (Å²) in [5.41, 5.74) is -1.24. The fraction of sp³-hybridized carbons (Fsp3) is 0.808. The lowest BCUT2D eigenvalue weighted by Crippen LogP contribution is -2.56. The van der Waals surface area contributed by atoms with Gasteiger partial charge in [0.05, 0.1) is 17.7 Å². The minimum atomic E-state index is -0.928. The maximum atomic E-state index is 13.7. The van der Waals surface area contributed by atoms with E-state index in [-0.39, 0.29) is 37.1 Å². The smallest absolute Gasteiger partial charge is 0.408 e. The maximum absolute atomic E-state index is 13.7. The van der Waals surface area contributed by atoms with Crippen molar-refractivity contribution < 1.29 is 33.4 Å². The molecular weight excluding hydrogens is 480 g/mol. The van der Waals surface area contributed by atoms with Crippen molar-refractivity contribution in [2.45, 2.75) is 110 Å². The van der Waals surface area contributed by atoms with Crippen LogP contribution in [0.1, 0.15) is 74.7 Å². The highest BCUT2D eigenvalue weighted by Gasteiger charge is 2.45. The van der Waals surface area contributed by atoms with Crippen molar-refractivity contribution in [2.24, 2.45) is 11.8 Å². The van der Waals surface area contributed by atoms with Gasteiger partial charge in [-0.05, 0) is 60.3 Å². The molecule has 2 fully saturated rings. The Morgan fingerprint density at radius 1 is 1.11 bits per heavy atom. The zero-order chi connectivity index (χ0) is 28.1. The van der Waals surface area contributed by atoms with Gasteiger partial charge < -0.3 is 35.1 Å². The van der Waals surface area contributed by atoms with Crippen molar-refractivity contribution in [1.29, 1.82) is 0 Å². The molecule has 0 radical (unpaired) electrons. The molecular formula is C26H44N4O7. The number of aldehydes is 1. The van der Waals surface area contributed by atoms with Gasteiger partial charge in [0.15, 0.2) is 0 Å². The Labute approximate surface area is 219 Å². The SMILES string of the molecule is CC(C)[C@H](NC(=O)OC(C)(C)C)C(=O)N1C[C@H](OC(C)(C)C)C[C@H]1C(=O)N[C@H](C=O)C[C@@H]1CCNC1=O. The highest BCUT2D eigenvalue weighted by molar-refractivity contribution is 5.93. The molecule has 0 saturated carbocycles. The van der Waals surface area contributed by atoms with Gasteiger partial charge in [0, 0.05) is 25.4 Å². The van der Waals surface area contributed by atoms with Crippen LogP contribution in [-0.4, -0.2) is 83.5 Å². The molecule has 0 bridgehead atoms. The second-order valence-corrected chi connectivity index (χ2v) is 12.2. The quantitative estimate of drug-likeness (QED) is 0.388. The molecule has 11 heteroatoms. The molecule has 4 amide bonds. The molecule has 37 heavy (non-hydrogen) atoms. The van der Waals surface area contributed by atoms with E-state index in [1.807, 2.05) is 20.8 Å². The van der Waals surface area contributed by atoms with Crippen molar-refractivity contribution in [2.75, 3.05) is 13.1 Å². The van der Waals surface area contributed by atoms with Crippen LogP contribution >= 0.6 is 0 Å². The van der Waals surface area contributed by atoms with Gasteiger partial charge in [-0.25, -0.2) is 4.79 Å². The molecule has 2 heterocycles. The molecule has 0 aliphatic carbocycles. The second kappa shape index (κ2) is 12.2. The van der Waals surface area contributed by atoms with Crippen LogP contribution in [0, 0.1) is 11.8 Å². The number of carbonyl (C=O) groups excluding carboxylic acids is 5. The number of alkyl carbamates (subject to hydrolysis) is 1. The first-order chi connectivity index (χ1) is 17.0. The van der Waals surface area contributed by atoms with Gasteiger partial charge in [0.1, 0.15) is 24.0 Å². The highest BCUT2D eigenvalue weighted by Crippen LogP contribution is 2.27. The summed E-state index contributed by atoms with van der Waals surface area (Å²) in [6.07, 6.45) is 0.512. The molecule has 11 nitrogen and oxygen atoms in total. The monoisotopic (exact) mass is 524 g/mol. The fourth-order valence-electron chi connectivity index (χ4n) is 4.61. The number of nitrogens with one attached hydrogen (secondary N) is 3. The van der Waals surface area contributed by atoms with Crippen molar-refractivity contribution in [1.82, 2.24) is 20.9 Å². The lowest BCUT2D eigenvalue weighted by atomic mass is 9.98. The minimum Gasteiger partial charge on any atom is -0.444 e. The summed E-state index contributed by atoms with van der Waals surface area (Å²) in [6.45, 7) is 15.2. The maximum Gasteiger partial charge on any atom is 0.408 e. The van der Waals surface area contributed by atoms with E-state index in [4.69, 9.17) is 9.47 Å². The van der Waals surface area contributed by atoms with Crippen LogP contribution in [0.3, 0.4) is 0 Å². The van der Waals surface area contributed by atoms with Gasteiger partial charge in [0.25, 0.3) is 0 Å². The Balaban J connectivity index is 2.22. The standard InChI is InChI=1S/C26H44N4O7/c1-15(2)20(29-24(35)37-26(6,7)8)23(34)30-13-18(36-25(3,4)5)12-19(30)22(33)28-17(14-31)11-16-9-10-27-21(16)32/h14-20H,9-13H2,1-8H3,(H,27,32)(H,28,33)(H,29,35)/t16-,17-,18+,19-,20-/m0/s1. The second-order valence-electron chi connectivity index (χ2n) is 12.2. The van der Waals surface area contributed by atoms with Crippen LogP contribution in [0.5, 0.6) is 0 Å². The predicted molar refractivity (Wildman–Crippen MR) is 136 cm³/mol. The Morgan fingerprint density at radius 3 is 2.24 bits per heavy atom. The third-order valence-corrected chi connectivity index (χ3v) is 6.17. The third kappa shape index (κ3) is 9.28. The number of amides is 4. The molecule has 0 aromatic rings. The van der Waals surface area contributed by atoms with Crippen LogP contribution in [0.15, 0.2) is 0 Å². The summed E-state index contributed by atoms with van der Waals surface area (Å²) in [4.78, 5) is 64.6. The zero-order valence-electron chi connectivity index (χ0n) is 23.4. The molecule has 0 aromatic heterocycles. The number of likely N-dealkylation sites (tertiary alicyclic amines) is 1. The van der Waals surface area contributed by atoms with Gasteiger partial charge in [0.2, 0.25) is 17.7 Å². The Bertz CT molecular complexity index is 862. The topological polar surface area (TPSA) is 143 Å². The van der Waals surface area contributed by atoms with E-state index in [2.05, 4.69) is 16.0 Å². The summed E-state index contributed by atoms with van der Waals surface area (Å²) >= 11 is 0. The normalized spacial score (nSPS) is 23.9. The van der Waals surface area contributed by atoms with E-state index in [1.54, 1.807) is 34.6 Å². The van der Waals surface area contributed by atoms with Gasteiger partial charge in [-0.2, -0.15) is 0 Å². The third-order valence-electron chi connectivity index (χ3n) is 6.17. The Hall–Kier alpha value is -2.69. The van der Waals surface area contributed by atoms with Gasteiger partial charge in [-0.3, -0.25) is 14.4 Å². The van der Waals surface area contributed by atoms with Crippen molar-refractivity contribution in [3.05, 3.63) is 0 Å². The molecule has 0 aromatic carbocycles. The molecule has 2 saturated heterocycles. The van der Waals surface area contributed by atoms with Crippen LogP contribution in [-0.2, 0) is 28.7 Å². The molecule has 5 atom stereocenters. The average Bonchev–Trinajstić information content (AvgIpc) is 3.34. The first-order valence-electron chi connectivity index (χ1n) is 13.0. The molecule has 2 aliphatic rings. The highest BCUT2D eigenvalue weighted by atomic mass is 16.6. The lowest BCUT2D eigenvalue weighted by Gasteiger charge is -2.31. The van der Waals surface area contributed by atoms with Gasteiger partial charge in [-0.15, -0.1) is 0 Å². The molecule has 3 N–H and O–H groups in total. The van der Waals surface area contributed by atoms with Crippen LogP contribution in [0.4, 0.5) is 4.79 Å². The van der Waals surface area contributed by atoms with Gasteiger partial charge in [-0.1, -0.05) is 13.8 Å². The number of carbonyl (C=O) groups is 5. The lowest BCUT2D eigenvalue weighted by molar-refractivity contribution is -0.141. The van der Waals surface area contributed by atoms with Crippen molar-refractivity contribution in [3.8, 4) is 0 Å². The summed E-state index contributed by atoms with van der Waals surface area (Å²) in [6, 6.07) is -2.69. The van der Waals surface area contributed by atoms with Gasteiger partial charge >= 0.3 is 6.09 Å². The first kappa shape index (κ1) is 30.5. The summed E-state index contributed by atoms with van der Waals surface area (Å²) < 4.78 is 11.4. The molecule has 2 aliphatic heterocycles. The average molecular weight is 525 g/mol. The first-order valence-corrected chi connectivity index (χ1v) is 13.0. The van der Waals surface area contributed by atoms with E-state index in [0.717, 1.165) is 0 Å². The Morgan fingerprint density at radius 2 is 1.76 bits per heavy atom. The molecule has 210 valence electrons. The number of rotatable bonds is 9. The van der Waals surface area contributed by atoms with Crippen LogP contribution in [0.2, 0.25) is 0 Å². The van der Waals surface area contributed by atoms with E-state index < -0.39 is 53.3 Å². The zero-order valence-corrected chi connectivity index (χ0v) is 23.4. The van der Waals surface area contributed by atoms with E-state index in [1.165, 1.54) is 4.90 Å². The Kier molecular flexibility index (Phi) is 10.1. The summed E-state index contributed by atoms with van der Waals surface area (Å²) in [5, 5.41) is 8.10. The van der Waals surface area contributed by atoms with E-state index in [9.17, 15) is 24.0 Å². The number of ether oxygens (including phenoxy) is 2. The number of nitrogens with zero attached hydrogens (tertiary/aromatic N) is 1. The largest absolute Gasteiger partial charge is 0.444 e. The van der Waals surface area contributed by atoms with Crippen molar-refractivity contribution in [3.63, 3.8) is 0 Å². The van der Waals surface area contributed by atoms with Crippen molar-refractivity contribution >= 4 is 30.1 Å². The fourth-order valence-corrected chi connectivity index (χ4v) is 4.61. The van der Waals surface area contributed by atoms with E-state index >= 15 is 0 Å². The number of hydrogen-bond donors (Lipinski definition) is 3. The molecule has 0 spiro atoms. The molecule has 0 unspecified atom stereocenters.